The molecule has 2 aromatic heterocycles. The molecule has 5 nitrogen and oxygen atoms in total. The molecule has 0 saturated carbocycles. The van der Waals surface area contributed by atoms with Gasteiger partial charge in [-0.05, 0) is 64.4 Å². The molecule has 1 amide bonds. The SMILES string of the molecule is Cc1cc(C)c(C(=O)N(Cc2ccccn2)C2CCCNCC2)o1. The summed E-state index contributed by atoms with van der Waals surface area (Å²) in [6.07, 6.45) is 4.81. The third-order valence-electron chi connectivity index (χ3n) is 4.54. The number of hydrogen-bond acceptors (Lipinski definition) is 4. The molecule has 1 unspecified atom stereocenters. The molecular formula is C19H25N3O2. The van der Waals surface area contributed by atoms with E-state index in [2.05, 4.69) is 10.3 Å². The van der Waals surface area contributed by atoms with E-state index < -0.39 is 0 Å². The van der Waals surface area contributed by atoms with Crippen molar-refractivity contribution in [2.75, 3.05) is 13.1 Å². The van der Waals surface area contributed by atoms with Gasteiger partial charge in [0.25, 0.3) is 5.91 Å². The lowest BCUT2D eigenvalue weighted by Crippen LogP contribution is -2.40. The highest BCUT2D eigenvalue weighted by Gasteiger charge is 2.29. The molecule has 24 heavy (non-hydrogen) atoms. The van der Waals surface area contributed by atoms with Gasteiger partial charge in [-0.15, -0.1) is 0 Å². The van der Waals surface area contributed by atoms with Crippen LogP contribution in [0.5, 0.6) is 0 Å². The lowest BCUT2D eigenvalue weighted by atomic mass is 10.1. The first-order chi connectivity index (χ1) is 11.6. The van der Waals surface area contributed by atoms with Gasteiger partial charge in [0, 0.05) is 17.8 Å². The van der Waals surface area contributed by atoms with Gasteiger partial charge in [0.15, 0.2) is 5.76 Å². The van der Waals surface area contributed by atoms with Crippen LogP contribution < -0.4 is 5.32 Å². The summed E-state index contributed by atoms with van der Waals surface area (Å²) in [5.74, 6) is 1.20. The maximum atomic E-state index is 13.2. The van der Waals surface area contributed by atoms with Crippen LogP contribution in [-0.2, 0) is 6.54 Å². The van der Waals surface area contributed by atoms with Crippen LogP contribution in [0.2, 0.25) is 0 Å². The summed E-state index contributed by atoms with van der Waals surface area (Å²) in [6, 6.07) is 7.95. The van der Waals surface area contributed by atoms with Crippen molar-refractivity contribution in [1.29, 1.82) is 0 Å². The number of amides is 1. The molecule has 1 aliphatic rings. The van der Waals surface area contributed by atoms with Gasteiger partial charge in [-0.1, -0.05) is 6.07 Å². The minimum Gasteiger partial charge on any atom is -0.456 e. The third kappa shape index (κ3) is 3.85. The Morgan fingerprint density at radius 2 is 2.21 bits per heavy atom. The van der Waals surface area contributed by atoms with Crippen molar-refractivity contribution in [3.63, 3.8) is 0 Å². The molecule has 2 aromatic rings. The van der Waals surface area contributed by atoms with Gasteiger partial charge in [0.2, 0.25) is 0 Å². The first-order valence-corrected chi connectivity index (χ1v) is 8.64. The smallest absolute Gasteiger partial charge is 0.290 e. The Balaban J connectivity index is 1.88. The lowest BCUT2D eigenvalue weighted by molar-refractivity contribution is 0.0607. The van der Waals surface area contributed by atoms with Crippen LogP contribution in [0.3, 0.4) is 0 Å². The Morgan fingerprint density at radius 3 is 2.92 bits per heavy atom. The highest BCUT2D eigenvalue weighted by molar-refractivity contribution is 5.93. The summed E-state index contributed by atoms with van der Waals surface area (Å²) in [4.78, 5) is 19.5. The fourth-order valence-corrected chi connectivity index (χ4v) is 3.33. The molecule has 5 heteroatoms. The molecule has 1 aliphatic heterocycles. The number of aromatic nitrogens is 1. The molecular weight excluding hydrogens is 302 g/mol. The molecule has 3 rings (SSSR count). The van der Waals surface area contributed by atoms with Gasteiger partial charge >= 0.3 is 0 Å². The van der Waals surface area contributed by atoms with E-state index in [1.807, 2.05) is 43.0 Å². The van der Waals surface area contributed by atoms with Gasteiger partial charge in [-0.2, -0.15) is 0 Å². The Kier molecular flexibility index (Phi) is 5.30. The second-order valence-electron chi connectivity index (χ2n) is 6.46. The number of furan rings is 1. The average Bonchev–Trinajstić information content (AvgIpc) is 2.79. The zero-order valence-electron chi connectivity index (χ0n) is 14.4. The van der Waals surface area contributed by atoms with Crippen LogP contribution in [0.1, 0.15) is 46.8 Å². The molecule has 0 spiro atoms. The van der Waals surface area contributed by atoms with Gasteiger partial charge in [0.1, 0.15) is 5.76 Å². The zero-order valence-corrected chi connectivity index (χ0v) is 14.4. The Bertz CT molecular complexity index is 673. The number of rotatable bonds is 4. The highest BCUT2D eigenvalue weighted by atomic mass is 16.4. The van der Waals surface area contributed by atoms with E-state index in [0.717, 1.165) is 49.4 Å². The van der Waals surface area contributed by atoms with E-state index in [0.29, 0.717) is 12.3 Å². The number of pyridine rings is 1. The maximum Gasteiger partial charge on any atom is 0.290 e. The molecule has 1 saturated heterocycles. The Labute approximate surface area is 143 Å². The summed E-state index contributed by atoms with van der Waals surface area (Å²) in [5.41, 5.74) is 1.80. The summed E-state index contributed by atoms with van der Waals surface area (Å²) in [7, 11) is 0. The zero-order chi connectivity index (χ0) is 16.9. The fraction of sp³-hybridized carbons (Fsp3) is 0.474. The topological polar surface area (TPSA) is 58.4 Å². The van der Waals surface area contributed by atoms with Crippen molar-refractivity contribution in [2.24, 2.45) is 0 Å². The van der Waals surface area contributed by atoms with Crippen LogP contribution in [0, 0.1) is 13.8 Å². The van der Waals surface area contributed by atoms with Crippen LogP contribution in [0.15, 0.2) is 34.9 Å². The monoisotopic (exact) mass is 327 g/mol. The van der Waals surface area contributed by atoms with Crippen molar-refractivity contribution in [1.82, 2.24) is 15.2 Å². The second-order valence-corrected chi connectivity index (χ2v) is 6.46. The van der Waals surface area contributed by atoms with E-state index in [-0.39, 0.29) is 11.9 Å². The van der Waals surface area contributed by atoms with Gasteiger partial charge in [-0.25, -0.2) is 0 Å². The quantitative estimate of drug-likeness (QED) is 0.937. The third-order valence-corrected chi connectivity index (χ3v) is 4.54. The number of nitrogens with one attached hydrogen (secondary N) is 1. The number of carbonyl (C=O) groups is 1. The molecule has 1 fully saturated rings. The molecule has 128 valence electrons. The van der Waals surface area contributed by atoms with E-state index in [1.165, 1.54) is 0 Å². The molecule has 1 N–H and O–H groups in total. The van der Waals surface area contributed by atoms with Crippen molar-refractivity contribution in [2.45, 2.75) is 45.7 Å². The summed E-state index contributed by atoms with van der Waals surface area (Å²) in [5, 5.41) is 3.41. The fourth-order valence-electron chi connectivity index (χ4n) is 3.33. The van der Waals surface area contributed by atoms with Crippen LogP contribution in [-0.4, -0.2) is 34.9 Å². The number of nitrogens with zero attached hydrogens (tertiary/aromatic N) is 2. The molecule has 0 aromatic carbocycles. The second kappa shape index (κ2) is 7.62. The molecule has 0 bridgehead atoms. The molecule has 3 heterocycles. The van der Waals surface area contributed by atoms with Crippen LogP contribution in [0.25, 0.3) is 0 Å². The maximum absolute atomic E-state index is 13.2. The van der Waals surface area contributed by atoms with Crippen molar-refractivity contribution in [3.05, 3.63) is 53.2 Å². The predicted octanol–water partition coefficient (Wildman–Crippen LogP) is 3.08. The Morgan fingerprint density at radius 1 is 1.33 bits per heavy atom. The standard InChI is InChI=1S/C19H25N3O2/c1-14-12-15(2)24-18(14)19(23)22(13-16-6-3-4-10-21-16)17-7-5-9-20-11-8-17/h3-4,6,10,12,17,20H,5,7-9,11,13H2,1-2H3. The van der Waals surface area contributed by atoms with E-state index in [1.54, 1.807) is 6.20 Å². The van der Waals surface area contributed by atoms with Crippen LogP contribution >= 0.6 is 0 Å². The summed E-state index contributed by atoms with van der Waals surface area (Å²) in [6.45, 7) is 6.27. The van der Waals surface area contributed by atoms with Crippen molar-refractivity contribution < 1.29 is 9.21 Å². The van der Waals surface area contributed by atoms with E-state index in [4.69, 9.17) is 4.42 Å². The van der Waals surface area contributed by atoms with Gasteiger partial charge in [0.05, 0.1) is 12.2 Å². The molecule has 1 atom stereocenters. The normalized spacial score (nSPS) is 18.2. The predicted molar refractivity (Wildman–Crippen MR) is 92.8 cm³/mol. The van der Waals surface area contributed by atoms with Crippen LogP contribution in [0.4, 0.5) is 0 Å². The first kappa shape index (κ1) is 16.7. The molecule has 0 radical (unpaired) electrons. The number of aryl methyl sites for hydroxylation is 2. The highest BCUT2D eigenvalue weighted by Crippen LogP contribution is 2.22. The number of carbonyl (C=O) groups excluding carboxylic acids is 1. The minimum atomic E-state index is -0.0295. The first-order valence-electron chi connectivity index (χ1n) is 8.64. The van der Waals surface area contributed by atoms with Crippen molar-refractivity contribution >= 4 is 5.91 Å². The lowest BCUT2D eigenvalue weighted by Gasteiger charge is -2.30. The number of hydrogen-bond donors (Lipinski definition) is 1. The van der Waals surface area contributed by atoms with Crippen molar-refractivity contribution in [3.8, 4) is 0 Å². The minimum absolute atomic E-state index is 0.0295. The Hall–Kier alpha value is -2.14. The van der Waals surface area contributed by atoms with Gasteiger partial charge in [-0.3, -0.25) is 9.78 Å². The summed E-state index contributed by atoms with van der Waals surface area (Å²) < 4.78 is 5.69. The molecule has 0 aliphatic carbocycles. The summed E-state index contributed by atoms with van der Waals surface area (Å²) >= 11 is 0. The van der Waals surface area contributed by atoms with E-state index in [9.17, 15) is 4.79 Å². The average molecular weight is 327 g/mol. The largest absolute Gasteiger partial charge is 0.456 e. The van der Waals surface area contributed by atoms with E-state index >= 15 is 0 Å². The van der Waals surface area contributed by atoms with Gasteiger partial charge < -0.3 is 14.6 Å².